The van der Waals surface area contributed by atoms with Crippen molar-refractivity contribution in [3.05, 3.63) is 95.0 Å². The molecule has 3 aromatic heterocycles. The fourth-order valence-electron chi connectivity index (χ4n) is 3.87. The highest BCUT2D eigenvalue weighted by Crippen LogP contribution is 2.39. The Kier molecular flexibility index (Phi) is 8.16. The predicted octanol–water partition coefficient (Wildman–Crippen LogP) is 7.58. The minimum Gasteiger partial charge on any atom is -0.462 e. The number of rotatable bonds is 8. The van der Waals surface area contributed by atoms with Crippen molar-refractivity contribution < 1.29 is 9.53 Å². The molecule has 0 spiro atoms. The van der Waals surface area contributed by atoms with Gasteiger partial charge in [0.05, 0.1) is 33.6 Å². The largest absolute Gasteiger partial charge is 0.462 e. The normalized spacial score (nSPS) is 10.6. The van der Waals surface area contributed by atoms with E-state index in [9.17, 15) is 4.79 Å². The molecular weight excluding hydrogens is 552 g/mol. The molecule has 8 nitrogen and oxygen atoms in total. The first kappa shape index (κ1) is 26.4. The molecule has 0 saturated carbocycles. The molecule has 0 atom stereocenters. The van der Waals surface area contributed by atoms with Crippen LogP contribution in [0, 0.1) is 0 Å². The van der Waals surface area contributed by atoms with E-state index in [-0.39, 0.29) is 6.61 Å². The number of carbonyl (C=O) groups excluding carboxylic acids is 1. The van der Waals surface area contributed by atoms with Crippen LogP contribution in [0.25, 0.3) is 21.7 Å². The van der Waals surface area contributed by atoms with Crippen molar-refractivity contribution in [2.24, 2.45) is 0 Å². The van der Waals surface area contributed by atoms with Crippen LogP contribution in [0.2, 0.25) is 5.02 Å². The molecule has 11 heteroatoms. The van der Waals surface area contributed by atoms with E-state index in [4.69, 9.17) is 28.6 Å². The van der Waals surface area contributed by atoms with Crippen LogP contribution in [-0.4, -0.2) is 32.9 Å². The van der Waals surface area contributed by atoms with Crippen LogP contribution in [0.15, 0.2) is 84.4 Å². The molecule has 0 aliphatic carbocycles. The summed E-state index contributed by atoms with van der Waals surface area (Å²) in [5.74, 6) is 0.522. The summed E-state index contributed by atoms with van der Waals surface area (Å²) in [4.78, 5) is 16.9. The summed E-state index contributed by atoms with van der Waals surface area (Å²) < 4.78 is 5.34. The molecule has 3 heterocycles. The number of nitrogens with zero attached hydrogens (tertiary/aromatic N) is 2. The first-order valence-corrected chi connectivity index (χ1v) is 13.6. The van der Waals surface area contributed by atoms with E-state index in [0.717, 1.165) is 16.1 Å². The summed E-state index contributed by atoms with van der Waals surface area (Å²) >= 11 is 13.3. The highest BCUT2D eigenvalue weighted by molar-refractivity contribution is 7.80. The van der Waals surface area contributed by atoms with Crippen LogP contribution < -0.4 is 16.0 Å². The minimum absolute atomic E-state index is 0.244. The smallest absolute Gasteiger partial charge is 0.342 e. The average Bonchev–Trinajstić information content (AvgIpc) is 3.56. The molecule has 0 unspecified atom stereocenters. The highest BCUT2D eigenvalue weighted by atomic mass is 35.5. The molecule has 5 rings (SSSR count). The van der Waals surface area contributed by atoms with Crippen molar-refractivity contribution in [1.82, 2.24) is 15.2 Å². The molecule has 0 radical (unpaired) electrons. The second-order valence-corrected chi connectivity index (χ2v) is 9.92. The third kappa shape index (κ3) is 6.09. The molecule has 0 saturated heterocycles. The Labute approximate surface area is 239 Å². The van der Waals surface area contributed by atoms with Crippen LogP contribution >= 0.6 is 35.2 Å². The molecular formula is C28H23ClN6O2S2. The molecule has 39 heavy (non-hydrogen) atoms. The van der Waals surface area contributed by atoms with E-state index in [2.05, 4.69) is 31.1 Å². The number of aromatic nitrogens is 3. The molecule has 196 valence electrons. The first-order valence-electron chi connectivity index (χ1n) is 12.0. The van der Waals surface area contributed by atoms with Crippen molar-refractivity contribution >= 4 is 69.2 Å². The number of carbonyl (C=O) groups is 1. The Balaban J connectivity index is 1.34. The molecule has 2 aromatic carbocycles. The fraction of sp³-hybridized carbons (Fsp3) is 0.0714. The predicted molar refractivity (Wildman–Crippen MR) is 162 cm³/mol. The van der Waals surface area contributed by atoms with Crippen molar-refractivity contribution in [1.29, 1.82) is 0 Å². The topological polar surface area (TPSA) is 104 Å². The summed E-state index contributed by atoms with van der Waals surface area (Å²) in [7, 11) is 0. The van der Waals surface area contributed by atoms with E-state index in [1.807, 2.05) is 72.1 Å². The van der Waals surface area contributed by atoms with Gasteiger partial charge in [-0.1, -0.05) is 54.1 Å². The standard InChI is InChI=1S/C28H23ClN6O2S2/c1-2-37-27(36)24-18(25-19(29)14-15-39-25)16-30-26(24)31-21-10-6-7-11-22(21)32-28(38)33-23-13-12-20(34-35-23)17-8-4-3-5-9-17/h3-16,30-31H,2H2,1H3,(H2,32,33,35,38). The van der Waals surface area contributed by atoms with Gasteiger partial charge in [0.15, 0.2) is 10.9 Å². The zero-order valence-corrected chi connectivity index (χ0v) is 23.1. The molecule has 0 fully saturated rings. The Hall–Kier alpha value is -4.25. The maximum Gasteiger partial charge on any atom is 0.342 e. The molecule has 0 bridgehead atoms. The van der Waals surface area contributed by atoms with Crippen molar-refractivity contribution in [3.8, 4) is 21.7 Å². The summed E-state index contributed by atoms with van der Waals surface area (Å²) in [6.07, 6.45) is 1.74. The number of benzene rings is 2. The number of para-hydroxylation sites is 2. The number of H-pyrrole nitrogens is 1. The molecule has 0 aliphatic heterocycles. The maximum atomic E-state index is 12.9. The van der Waals surface area contributed by atoms with E-state index >= 15 is 0 Å². The highest BCUT2D eigenvalue weighted by Gasteiger charge is 2.24. The zero-order chi connectivity index (χ0) is 27.2. The zero-order valence-electron chi connectivity index (χ0n) is 20.7. The van der Waals surface area contributed by atoms with Gasteiger partial charge in [-0.05, 0) is 54.9 Å². The van der Waals surface area contributed by atoms with Gasteiger partial charge < -0.3 is 25.7 Å². The van der Waals surface area contributed by atoms with Crippen LogP contribution in [0.3, 0.4) is 0 Å². The summed E-state index contributed by atoms with van der Waals surface area (Å²) in [6.45, 7) is 2.01. The Bertz CT molecular complexity index is 1600. The number of aromatic amines is 1. The van der Waals surface area contributed by atoms with E-state index in [1.165, 1.54) is 11.3 Å². The Morgan fingerprint density at radius 3 is 2.46 bits per heavy atom. The van der Waals surface area contributed by atoms with Crippen LogP contribution in [-0.2, 0) is 4.74 Å². The van der Waals surface area contributed by atoms with Gasteiger partial charge in [-0.25, -0.2) is 4.79 Å². The van der Waals surface area contributed by atoms with Gasteiger partial charge >= 0.3 is 5.97 Å². The van der Waals surface area contributed by atoms with Crippen LogP contribution in [0.5, 0.6) is 0 Å². The van der Waals surface area contributed by atoms with Gasteiger partial charge in [-0.3, -0.25) is 0 Å². The number of hydrogen-bond donors (Lipinski definition) is 4. The summed E-state index contributed by atoms with van der Waals surface area (Å²) in [5, 5.41) is 20.8. The minimum atomic E-state index is -0.458. The van der Waals surface area contributed by atoms with Gasteiger partial charge in [0.1, 0.15) is 11.4 Å². The summed E-state index contributed by atoms with van der Waals surface area (Å²) in [6, 6.07) is 22.8. The first-order chi connectivity index (χ1) is 19.0. The number of anilines is 4. The number of thiocarbonyl (C=S) groups is 1. The third-order valence-corrected chi connectivity index (χ3v) is 7.21. The fourth-order valence-corrected chi connectivity index (χ4v) is 5.27. The number of thiophene rings is 1. The third-order valence-electron chi connectivity index (χ3n) is 5.63. The Morgan fingerprint density at radius 2 is 1.77 bits per heavy atom. The average molecular weight is 575 g/mol. The van der Waals surface area contributed by atoms with Gasteiger partial charge in [0, 0.05) is 17.3 Å². The summed E-state index contributed by atoms with van der Waals surface area (Å²) in [5.41, 5.74) is 4.14. The number of halogens is 1. The number of esters is 1. The SMILES string of the molecule is CCOC(=O)c1c(-c2sccc2Cl)c[nH]c1Nc1ccccc1NC(=S)Nc1ccc(-c2ccccc2)nn1. The van der Waals surface area contributed by atoms with E-state index in [1.54, 1.807) is 19.2 Å². The lowest BCUT2D eigenvalue weighted by molar-refractivity contribution is 0.0528. The van der Waals surface area contributed by atoms with Gasteiger partial charge in [-0.15, -0.1) is 21.5 Å². The van der Waals surface area contributed by atoms with E-state index < -0.39 is 5.97 Å². The lowest BCUT2D eigenvalue weighted by atomic mass is 10.1. The van der Waals surface area contributed by atoms with Gasteiger partial charge in [-0.2, -0.15) is 0 Å². The van der Waals surface area contributed by atoms with Gasteiger partial charge in [0.2, 0.25) is 0 Å². The van der Waals surface area contributed by atoms with Crippen LogP contribution in [0.1, 0.15) is 17.3 Å². The molecule has 0 aliphatic rings. The van der Waals surface area contributed by atoms with Crippen molar-refractivity contribution in [3.63, 3.8) is 0 Å². The quantitative estimate of drug-likeness (QED) is 0.111. The molecule has 4 N–H and O–H groups in total. The maximum absolute atomic E-state index is 12.9. The second-order valence-electron chi connectivity index (χ2n) is 8.19. The lowest BCUT2D eigenvalue weighted by Crippen LogP contribution is -2.20. The van der Waals surface area contributed by atoms with E-state index in [0.29, 0.717) is 44.3 Å². The van der Waals surface area contributed by atoms with Crippen LogP contribution in [0.4, 0.5) is 23.0 Å². The molecule has 5 aromatic rings. The van der Waals surface area contributed by atoms with Gasteiger partial charge in [0.25, 0.3) is 0 Å². The Morgan fingerprint density at radius 1 is 1.00 bits per heavy atom. The van der Waals surface area contributed by atoms with Crippen molar-refractivity contribution in [2.75, 3.05) is 22.6 Å². The monoisotopic (exact) mass is 574 g/mol. The number of ether oxygens (including phenoxy) is 1. The second kappa shape index (κ2) is 12.1. The molecule has 0 amide bonds. The lowest BCUT2D eigenvalue weighted by Gasteiger charge is -2.15. The number of hydrogen-bond acceptors (Lipinski definition) is 7. The number of nitrogens with one attached hydrogen (secondary N) is 4. The van der Waals surface area contributed by atoms with Crippen molar-refractivity contribution in [2.45, 2.75) is 6.92 Å².